The van der Waals surface area contributed by atoms with E-state index < -0.39 is 6.09 Å². The van der Waals surface area contributed by atoms with Gasteiger partial charge in [-0.1, -0.05) is 19.0 Å². The fourth-order valence-corrected chi connectivity index (χ4v) is 8.42. The van der Waals surface area contributed by atoms with Crippen LogP contribution in [0.5, 0.6) is 0 Å². The molecule has 0 bridgehead atoms. The number of amides is 1. The molecule has 0 heterocycles. The molecule has 0 aromatic heterocycles. The molecule has 0 spiro atoms. The maximum absolute atomic E-state index is 11.9. The first-order chi connectivity index (χ1) is 14.8. The number of aliphatic hydroxyl groups excluding tert-OH is 1. The number of nitrogens with zero attached hydrogens (tertiary/aromatic N) is 1. The van der Waals surface area contributed by atoms with E-state index in [0.717, 1.165) is 42.7 Å². The van der Waals surface area contributed by atoms with Crippen LogP contribution in [0.15, 0.2) is 5.16 Å². The maximum Gasteiger partial charge on any atom is 0.433 e. The summed E-state index contributed by atoms with van der Waals surface area (Å²) in [6.07, 6.45) is 10.2. The number of fused-ring (bicyclic) bond motifs is 5. The van der Waals surface area contributed by atoms with Gasteiger partial charge in [-0.15, -0.1) is 0 Å². The fourth-order valence-electron chi connectivity index (χ4n) is 8.42. The van der Waals surface area contributed by atoms with E-state index in [2.05, 4.69) is 29.6 Å². The number of aliphatic hydroxyl groups is 1. The van der Waals surface area contributed by atoms with Gasteiger partial charge in [0.1, 0.15) is 0 Å². The lowest BCUT2D eigenvalue weighted by atomic mass is 9.44. The van der Waals surface area contributed by atoms with Crippen LogP contribution in [0.3, 0.4) is 0 Å². The van der Waals surface area contributed by atoms with Crippen LogP contribution in [-0.4, -0.2) is 43.2 Å². The second kappa shape index (κ2) is 9.01. The molecule has 0 unspecified atom stereocenters. The molecule has 31 heavy (non-hydrogen) atoms. The monoisotopic (exact) mass is 433 g/mol. The molecule has 0 radical (unpaired) electrons. The van der Waals surface area contributed by atoms with Crippen LogP contribution in [0.1, 0.15) is 78.6 Å². The van der Waals surface area contributed by atoms with Gasteiger partial charge in [0.25, 0.3) is 0 Å². The Labute approximate surface area is 187 Å². The summed E-state index contributed by atoms with van der Waals surface area (Å²) in [5.41, 5.74) is 1.66. The normalized spacial score (nSPS) is 44.7. The Hall–Kier alpha value is -1.14. The summed E-state index contributed by atoms with van der Waals surface area (Å²) in [5, 5.41) is 20.2. The third-order valence-electron chi connectivity index (χ3n) is 10.1. The van der Waals surface area contributed by atoms with Crippen molar-refractivity contribution in [2.24, 2.45) is 45.6 Å². The van der Waals surface area contributed by atoms with E-state index in [1.54, 1.807) is 0 Å². The van der Waals surface area contributed by atoms with Crippen molar-refractivity contribution in [2.75, 3.05) is 20.1 Å². The first-order valence-electron chi connectivity index (χ1n) is 12.6. The summed E-state index contributed by atoms with van der Waals surface area (Å²) in [6, 6.07) is 0. The van der Waals surface area contributed by atoms with Crippen LogP contribution in [0.25, 0.3) is 0 Å². The lowest BCUT2D eigenvalue weighted by Crippen LogP contribution is -2.54. The standard InChI is InChI=1S/C25H43N3O3/c1-16(28-31-23(30)27-14-13-26-4)20-7-8-21-19-6-5-17-15-18(29)9-11-24(17,2)22(19)10-12-25(20,21)3/h17-22,26,29H,5-15H2,1-4H3,(H,27,30)/b28-16+/t17-,18-,19+,20-,21+,22+,24+,25-/m1/s1. The van der Waals surface area contributed by atoms with Gasteiger partial charge in [0.2, 0.25) is 0 Å². The molecule has 3 N–H and O–H groups in total. The average Bonchev–Trinajstić information content (AvgIpc) is 3.10. The molecule has 1 amide bonds. The Bertz CT molecular complexity index is 697. The Morgan fingerprint density at radius 2 is 1.77 bits per heavy atom. The number of carbonyl (C=O) groups excluding carboxylic acids is 1. The molecule has 4 saturated carbocycles. The van der Waals surface area contributed by atoms with Gasteiger partial charge in [-0.25, -0.2) is 4.79 Å². The average molecular weight is 434 g/mol. The van der Waals surface area contributed by atoms with Crippen molar-refractivity contribution in [1.29, 1.82) is 0 Å². The second-order valence-electron chi connectivity index (χ2n) is 11.4. The summed E-state index contributed by atoms with van der Waals surface area (Å²) in [6.45, 7) is 8.32. The quantitative estimate of drug-likeness (QED) is 0.261. The highest BCUT2D eigenvalue weighted by Gasteiger charge is 2.60. The van der Waals surface area contributed by atoms with E-state index in [1.807, 2.05) is 14.0 Å². The largest absolute Gasteiger partial charge is 0.433 e. The van der Waals surface area contributed by atoms with E-state index >= 15 is 0 Å². The molecule has 4 rings (SSSR count). The molecule has 0 saturated heterocycles. The van der Waals surface area contributed by atoms with Gasteiger partial charge in [-0.2, -0.15) is 0 Å². The number of likely N-dealkylation sites (N-methyl/N-ethyl adjacent to an activating group) is 1. The summed E-state index contributed by atoms with van der Waals surface area (Å²) in [5.74, 6) is 3.47. The minimum atomic E-state index is -0.469. The minimum absolute atomic E-state index is 0.0753. The molecule has 8 atom stereocenters. The third kappa shape index (κ3) is 4.15. The Kier molecular flexibility index (Phi) is 6.69. The van der Waals surface area contributed by atoms with Crippen molar-refractivity contribution >= 4 is 11.8 Å². The van der Waals surface area contributed by atoms with Gasteiger partial charge in [-0.05, 0) is 106 Å². The van der Waals surface area contributed by atoms with Gasteiger partial charge in [0.15, 0.2) is 0 Å². The van der Waals surface area contributed by atoms with Crippen LogP contribution in [0.4, 0.5) is 4.79 Å². The van der Waals surface area contributed by atoms with E-state index in [-0.39, 0.29) is 11.5 Å². The topological polar surface area (TPSA) is 83.0 Å². The number of nitrogens with one attached hydrogen (secondary N) is 2. The molecular formula is C25H43N3O3. The van der Waals surface area contributed by atoms with Crippen LogP contribution in [-0.2, 0) is 4.84 Å². The molecule has 176 valence electrons. The van der Waals surface area contributed by atoms with Crippen molar-refractivity contribution in [3.05, 3.63) is 0 Å². The highest BCUT2D eigenvalue weighted by Crippen LogP contribution is 2.67. The van der Waals surface area contributed by atoms with Gasteiger partial charge in [-0.3, -0.25) is 4.84 Å². The van der Waals surface area contributed by atoms with Crippen molar-refractivity contribution in [3.8, 4) is 0 Å². The van der Waals surface area contributed by atoms with E-state index in [0.29, 0.717) is 30.3 Å². The molecular weight excluding hydrogens is 390 g/mol. The predicted octanol–water partition coefficient (Wildman–Crippen LogP) is 4.33. The molecule has 4 fully saturated rings. The fraction of sp³-hybridized carbons (Fsp3) is 0.920. The molecule has 4 aliphatic rings. The van der Waals surface area contributed by atoms with Crippen LogP contribution in [0, 0.1) is 40.4 Å². The van der Waals surface area contributed by atoms with Crippen molar-refractivity contribution in [2.45, 2.75) is 84.7 Å². The Morgan fingerprint density at radius 3 is 2.55 bits per heavy atom. The second-order valence-corrected chi connectivity index (χ2v) is 11.4. The van der Waals surface area contributed by atoms with Gasteiger partial charge < -0.3 is 15.7 Å². The zero-order chi connectivity index (χ0) is 22.2. The summed E-state index contributed by atoms with van der Waals surface area (Å²) in [7, 11) is 1.85. The van der Waals surface area contributed by atoms with Gasteiger partial charge in [0.05, 0.1) is 11.8 Å². The SMILES string of the molecule is CNCCNC(=O)O/N=C(\C)[C@H]1CC[C@H]2[C@@H]3CC[C@@H]4C[C@H](O)CC[C@]4(C)[C@H]3CC[C@]12C. The van der Waals surface area contributed by atoms with Crippen molar-refractivity contribution in [1.82, 2.24) is 10.6 Å². The first-order valence-corrected chi connectivity index (χ1v) is 12.6. The molecule has 4 aliphatic carbocycles. The number of rotatable bonds is 5. The zero-order valence-electron chi connectivity index (χ0n) is 20.0. The third-order valence-corrected chi connectivity index (χ3v) is 10.1. The Morgan fingerprint density at radius 1 is 1.03 bits per heavy atom. The molecule has 6 nitrogen and oxygen atoms in total. The maximum atomic E-state index is 11.9. The Balaban J connectivity index is 1.43. The lowest BCUT2D eigenvalue weighted by molar-refractivity contribution is -0.123. The van der Waals surface area contributed by atoms with Crippen LogP contribution >= 0.6 is 0 Å². The van der Waals surface area contributed by atoms with Crippen molar-refractivity contribution < 1.29 is 14.7 Å². The molecule has 0 aromatic rings. The summed E-state index contributed by atoms with van der Waals surface area (Å²) >= 11 is 0. The van der Waals surface area contributed by atoms with Crippen molar-refractivity contribution in [3.63, 3.8) is 0 Å². The number of oxime groups is 1. The van der Waals surface area contributed by atoms with E-state index in [4.69, 9.17) is 4.84 Å². The smallest absolute Gasteiger partial charge is 0.393 e. The van der Waals surface area contributed by atoms with E-state index in [1.165, 1.54) is 38.5 Å². The molecule has 0 aromatic carbocycles. The molecule has 6 heteroatoms. The molecule has 0 aliphatic heterocycles. The summed E-state index contributed by atoms with van der Waals surface area (Å²) < 4.78 is 0. The summed E-state index contributed by atoms with van der Waals surface area (Å²) in [4.78, 5) is 17.1. The minimum Gasteiger partial charge on any atom is -0.393 e. The first kappa shape index (κ1) is 23.0. The lowest BCUT2D eigenvalue weighted by Gasteiger charge is -2.61. The van der Waals surface area contributed by atoms with Crippen LogP contribution in [0.2, 0.25) is 0 Å². The highest BCUT2D eigenvalue weighted by molar-refractivity contribution is 5.85. The number of carbonyl (C=O) groups is 1. The highest BCUT2D eigenvalue weighted by atomic mass is 16.7. The predicted molar refractivity (Wildman–Crippen MR) is 123 cm³/mol. The number of hydrogen-bond acceptors (Lipinski definition) is 5. The van der Waals surface area contributed by atoms with Gasteiger partial charge >= 0.3 is 6.09 Å². The van der Waals surface area contributed by atoms with Crippen LogP contribution < -0.4 is 10.6 Å². The van der Waals surface area contributed by atoms with Gasteiger partial charge in [0, 0.05) is 19.0 Å². The zero-order valence-corrected chi connectivity index (χ0v) is 20.0. The van der Waals surface area contributed by atoms with E-state index in [9.17, 15) is 9.90 Å². The number of hydrogen-bond donors (Lipinski definition) is 3.